The largest absolute Gasteiger partial charge is 0.481 e. The van der Waals surface area contributed by atoms with Gasteiger partial charge in [0.15, 0.2) is 0 Å². The van der Waals surface area contributed by atoms with Gasteiger partial charge in [-0.1, -0.05) is 89.9 Å². The highest BCUT2D eigenvalue weighted by Gasteiger charge is 2.29. The van der Waals surface area contributed by atoms with Crippen molar-refractivity contribution >= 4 is 35.6 Å². The third-order valence-electron chi connectivity index (χ3n) is 10.1. The number of unbranched alkanes of at least 4 members (excludes halogenated alkanes) is 15. The summed E-state index contributed by atoms with van der Waals surface area (Å²) in [6.07, 6.45) is 22.5. The number of carboxylic acid groups (broad SMARTS) is 2. The molecule has 312 valence electrons. The molecule has 0 saturated heterocycles. The Morgan fingerprint density at radius 1 is 0.593 bits per heavy atom. The molecule has 0 heterocycles. The Morgan fingerprint density at radius 2 is 1.09 bits per heavy atom. The van der Waals surface area contributed by atoms with E-state index in [0.29, 0.717) is 38.1 Å². The number of hydrogen-bond acceptors (Lipinski definition) is 8. The standard InChI is InChI=1S/C40H72N4O10/c1-41-37(47)31-54-29-28-53-27-26-42-36(46)25-24-34(40(51)52)44-39(50)33-22-20-32(21-23-33)30-43-35(45)18-16-14-12-10-8-6-4-2-3-5-7-9-11-13-15-17-19-38(48)49/h32-34H,2-31H2,1H3,(H,41,47)(H,42,46)(H,43,45)(H,44,50)(H,48,49)(H,51,52)/t32-,33-,34-/m0/s1. The first kappa shape index (κ1) is 48.8. The van der Waals surface area contributed by atoms with Crippen molar-refractivity contribution in [3.63, 3.8) is 0 Å². The minimum atomic E-state index is -1.18. The number of nitrogens with one attached hydrogen (secondary N) is 4. The number of carbonyl (C=O) groups excluding carboxylic acids is 4. The molecule has 1 aliphatic carbocycles. The van der Waals surface area contributed by atoms with Crippen LogP contribution in [0.4, 0.5) is 0 Å². The molecule has 1 aliphatic rings. The van der Waals surface area contributed by atoms with E-state index in [1.54, 1.807) is 0 Å². The molecule has 1 rings (SSSR count). The molecule has 0 aromatic carbocycles. The third-order valence-corrected chi connectivity index (χ3v) is 10.1. The van der Waals surface area contributed by atoms with Crippen LogP contribution >= 0.6 is 0 Å². The molecule has 0 aromatic heterocycles. The molecule has 0 bridgehead atoms. The van der Waals surface area contributed by atoms with Crippen LogP contribution in [0.1, 0.15) is 154 Å². The predicted molar refractivity (Wildman–Crippen MR) is 207 cm³/mol. The lowest BCUT2D eigenvalue weighted by Gasteiger charge is -2.28. The fourth-order valence-electron chi connectivity index (χ4n) is 6.64. The van der Waals surface area contributed by atoms with Gasteiger partial charge in [-0.15, -0.1) is 0 Å². The third kappa shape index (κ3) is 28.2. The second-order valence-corrected chi connectivity index (χ2v) is 14.7. The van der Waals surface area contributed by atoms with E-state index in [9.17, 15) is 33.9 Å². The lowest BCUT2D eigenvalue weighted by molar-refractivity contribution is -0.143. The molecular weight excluding hydrogens is 696 g/mol. The van der Waals surface area contributed by atoms with Gasteiger partial charge < -0.3 is 41.0 Å². The average Bonchev–Trinajstić information content (AvgIpc) is 3.15. The van der Waals surface area contributed by atoms with Crippen molar-refractivity contribution in [1.82, 2.24) is 21.3 Å². The van der Waals surface area contributed by atoms with Gasteiger partial charge in [0.05, 0.1) is 19.8 Å². The number of hydrogen-bond donors (Lipinski definition) is 6. The zero-order chi connectivity index (χ0) is 39.7. The minimum Gasteiger partial charge on any atom is -0.481 e. The lowest BCUT2D eigenvalue weighted by Crippen LogP contribution is -2.45. The van der Waals surface area contributed by atoms with Gasteiger partial charge in [-0.2, -0.15) is 0 Å². The molecule has 0 aromatic rings. The van der Waals surface area contributed by atoms with E-state index in [4.69, 9.17) is 14.6 Å². The SMILES string of the molecule is CNC(=O)COCCOCCNC(=O)CC[C@H](NC(=O)[C@H]1CC[C@H](CNC(=O)CCCCCCCCCCCCCCCCCCC(=O)O)CC1)C(=O)O. The van der Waals surface area contributed by atoms with E-state index in [1.807, 2.05) is 0 Å². The van der Waals surface area contributed by atoms with Crippen LogP contribution < -0.4 is 21.3 Å². The van der Waals surface area contributed by atoms with Crippen LogP contribution in [0.15, 0.2) is 0 Å². The zero-order valence-electron chi connectivity index (χ0n) is 33.1. The van der Waals surface area contributed by atoms with Crippen LogP contribution in [0.3, 0.4) is 0 Å². The molecule has 0 spiro atoms. The molecule has 1 saturated carbocycles. The maximum atomic E-state index is 12.8. The fourth-order valence-corrected chi connectivity index (χ4v) is 6.64. The molecule has 54 heavy (non-hydrogen) atoms. The molecule has 1 fully saturated rings. The van der Waals surface area contributed by atoms with Crippen molar-refractivity contribution in [2.24, 2.45) is 11.8 Å². The van der Waals surface area contributed by atoms with Crippen LogP contribution in [0, 0.1) is 11.8 Å². The molecule has 0 radical (unpaired) electrons. The van der Waals surface area contributed by atoms with Gasteiger partial charge in [0.2, 0.25) is 23.6 Å². The van der Waals surface area contributed by atoms with Crippen molar-refractivity contribution in [3.05, 3.63) is 0 Å². The summed E-state index contributed by atoms with van der Waals surface area (Å²) < 4.78 is 10.4. The summed E-state index contributed by atoms with van der Waals surface area (Å²) in [5.41, 5.74) is 0. The number of aliphatic carboxylic acids is 2. The Hall–Kier alpha value is -3.26. The van der Waals surface area contributed by atoms with Crippen molar-refractivity contribution in [2.45, 2.75) is 160 Å². The first-order valence-corrected chi connectivity index (χ1v) is 20.8. The summed E-state index contributed by atoms with van der Waals surface area (Å²) in [5.74, 6) is -2.63. The Labute approximate surface area is 323 Å². The lowest BCUT2D eigenvalue weighted by atomic mass is 9.81. The molecule has 0 aliphatic heterocycles. The highest BCUT2D eigenvalue weighted by Crippen LogP contribution is 2.29. The monoisotopic (exact) mass is 769 g/mol. The minimum absolute atomic E-state index is 0.0220. The quantitative estimate of drug-likeness (QED) is 0.0461. The Kier molecular flexibility index (Phi) is 29.9. The molecule has 14 heteroatoms. The summed E-state index contributed by atoms with van der Waals surface area (Å²) in [4.78, 5) is 70.7. The average molecular weight is 769 g/mol. The van der Waals surface area contributed by atoms with E-state index in [1.165, 1.54) is 71.3 Å². The summed E-state index contributed by atoms with van der Waals surface area (Å²) in [6.45, 7) is 1.55. The van der Waals surface area contributed by atoms with Gasteiger partial charge in [-0.05, 0) is 50.9 Å². The van der Waals surface area contributed by atoms with Crippen molar-refractivity contribution in [2.75, 3.05) is 46.6 Å². The second kappa shape index (κ2) is 33.1. The van der Waals surface area contributed by atoms with Gasteiger partial charge in [0.25, 0.3) is 0 Å². The number of carboxylic acids is 2. The number of ether oxygens (including phenoxy) is 2. The van der Waals surface area contributed by atoms with E-state index in [-0.39, 0.29) is 75.4 Å². The highest BCUT2D eigenvalue weighted by molar-refractivity contribution is 5.85. The first-order chi connectivity index (χ1) is 26.1. The van der Waals surface area contributed by atoms with Crippen LogP contribution in [0.2, 0.25) is 0 Å². The van der Waals surface area contributed by atoms with Gasteiger partial charge in [0, 0.05) is 45.3 Å². The van der Waals surface area contributed by atoms with Gasteiger partial charge in [0.1, 0.15) is 12.6 Å². The molecule has 14 nitrogen and oxygen atoms in total. The first-order valence-electron chi connectivity index (χ1n) is 20.8. The van der Waals surface area contributed by atoms with Crippen LogP contribution in [0.5, 0.6) is 0 Å². The van der Waals surface area contributed by atoms with Crippen molar-refractivity contribution in [1.29, 1.82) is 0 Å². The zero-order valence-corrected chi connectivity index (χ0v) is 33.1. The smallest absolute Gasteiger partial charge is 0.326 e. The van der Waals surface area contributed by atoms with E-state index in [2.05, 4.69) is 21.3 Å². The topological polar surface area (TPSA) is 209 Å². The van der Waals surface area contributed by atoms with Crippen LogP contribution in [-0.2, 0) is 38.2 Å². The van der Waals surface area contributed by atoms with Gasteiger partial charge in [-0.3, -0.25) is 24.0 Å². The van der Waals surface area contributed by atoms with Crippen LogP contribution in [0.25, 0.3) is 0 Å². The van der Waals surface area contributed by atoms with Gasteiger partial charge >= 0.3 is 11.9 Å². The Balaban J connectivity index is 2.01. The number of rotatable bonds is 35. The summed E-state index contributed by atoms with van der Waals surface area (Å²) >= 11 is 0. The van der Waals surface area contributed by atoms with E-state index in [0.717, 1.165) is 51.4 Å². The number of amides is 4. The molecular formula is C40H72N4O10. The Bertz CT molecular complexity index is 1050. The maximum absolute atomic E-state index is 12.8. The van der Waals surface area contributed by atoms with Crippen molar-refractivity contribution in [3.8, 4) is 0 Å². The summed E-state index contributed by atoms with van der Waals surface area (Å²) in [5, 5.41) is 29.0. The van der Waals surface area contributed by atoms with Gasteiger partial charge in [-0.25, -0.2) is 4.79 Å². The summed E-state index contributed by atoms with van der Waals surface area (Å²) in [7, 11) is 1.52. The molecule has 4 amide bonds. The van der Waals surface area contributed by atoms with E-state index >= 15 is 0 Å². The fraction of sp³-hybridized carbons (Fsp3) is 0.850. The number of likely N-dealkylation sites (N-methyl/N-ethyl adjacent to an activating group) is 1. The van der Waals surface area contributed by atoms with Crippen molar-refractivity contribution < 1.29 is 48.5 Å². The molecule has 0 unspecified atom stereocenters. The van der Waals surface area contributed by atoms with Crippen LogP contribution in [-0.4, -0.2) is 98.4 Å². The highest BCUT2D eigenvalue weighted by atomic mass is 16.5. The molecule has 6 N–H and O–H groups in total. The normalized spacial score (nSPS) is 15.9. The second-order valence-electron chi connectivity index (χ2n) is 14.7. The number of carbonyl (C=O) groups is 6. The predicted octanol–water partition coefficient (Wildman–Crippen LogP) is 5.26. The summed E-state index contributed by atoms with van der Waals surface area (Å²) in [6, 6.07) is -1.15. The molecule has 1 atom stereocenters. The Morgan fingerprint density at radius 3 is 1.61 bits per heavy atom. The van der Waals surface area contributed by atoms with E-state index < -0.39 is 18.0 Å². The maximum Gasteiger partial charge on any atom is 0.326 e.